The third-order valence-corrected chi connectivity index (χ3v) is 3.04. The number of carbonyl (C=O) groups excluding carboxylic acids is 1. The van der Waals surface area contributed by atoms with Gasteiger partial charge in [-0.3, -0.25) is 4.79 Å². The van der Waals surface area contributed by atoms with Gasteiger partial charge in [-0.2, -0.15) is 0 Å². The maximum atomic E-state index is 11.8. The molecule has 1 fully saturated rings. The van der Waals surface area contributed by atoms with Crippen LogP contribution in [0.3, 0.4) is 0 Å². The summed E-state index contributed by atoms with van der Waals surface area (Å²) >= 11 is 0. The molecular weight excluding hydrogens is 218 g/mol. The molecule has 0 heterocycles. The minimum atomic E-state index is -0.852. The second kappa shape index (κ2) is 6.36. The highest BCUT2D eigenvalue weighted by molar-refractivity contribution is 5.77. The molecule has 0 aliphatic heterocycles. The Balaban J connectivity index is 2.23. The largest absolute Gasteiger partial charge is 0.389 e. The SMILES string of the molecule is CN(CC(C)(C)O)C(=O)COC1CCCCC1. The second-order valence-electron chi connectivity index (χ2n) is 5.63. The molecule has 0 atom stereocenters. The van der Waals surface area contributed by atoms with E-state index in [2.05, 4.69) is 0 Å². The van der Waals surface area contributed by atoms with Gasteiger partial charge < -0.3 is 14.7 Å². The van der Waals surface area contributed by atoms with Crippen molar-refractivity contribution >= 4 is 5.91 Å². The average Bonchev–Trinajstić information content (AvgIpc) is 2.25. The number of nitrogens with zero attached hydrogens (tertiary/aromatic N) is 1. The summed E-state index contributed by atoms with van der Waals surface area (Å²) in [5.41, 5.74) is -0.852. The van der Waals surface area contributed by atoms with Gasteiger partial charge in [0, 0.05) is 13.6 Å². The number of likely N-dealkylation sites (N-methyl/N-ethyl adjacent to an activating group) is 1. The quantitative estimate of drug-likeness (QED) is 0.797. The van der Waals surface area contributed by atoms with E-state index in [-0.39, 0.29) is 18.6 Å². The lowest BCUT2D eigenvalue weighted by atomic mass is 9.98. The molecule has 0 bridgehead atoms. The number of carbonyl (C=O) groups is 1. The molecule has 1 N–H and O–H groups in total. The van der Waals surface area contributed by atoms with Crippen molar-refractivity contribution in [2.75, 3.05) is 20.2 Å². The van der Waals surface area contributed by atoms with Gasteiger partial charge in [0.15, 0.2) is 0 Å². The fourth-order valence-electron chi connectivity index (χ4n) is 2.20. The van der Waals surface area contributed by atoms with E-state index in [9.17, 15) is 9.90 Å². The van der Waals surface area contributed by atoms with Gasteiger partial charge in [0.05, 0.1) is 11.7 Å². The van der Waals surface area contributed by atoms with Crippen molar-refractivity contribution in [1.82, 2.24) is 4.90 Å². The molecule has 0 saturated heterocycles. The summed E-state index contributed by atoms with van der Waals surface area (Å²) in [4.78, 5) is 13.3. The number of hydrogen-bond acceptors (Lipinski definition) is 3. The summed E-state index contributed by atoms with van der Waals surface area (Å²) in [5, 5.41) is 9.62. The van der Waals surface area contributed by atoms with Crippen molar-refractivity contribution in [3.63, 3.8) is 0 Å². The van der Waals surface area contributed by atoms with E-state index >= 15 is 0 Å². The van der Waals surface area contributed by atoms with Gasteiger partial charge in [-0.05, 0) is 26.7 Å². The number of amides is 1. The van der Waals surface area contributed by atoms with E-state index in [1.807, 2.05) is 0 Å². The van der Waals surface area contributed by atoms with E-state index in [4.69, 9.17) is 4.74 Å². The standard InChI is InChI=1S/C13H25NO3/c1-13(2,16)10-14(3)12(15)9-17-11-7-5-4-6-8-11/h11,16H,4-10H2,1-3H3. The van der Waals surface area contributed by atoms with Gasteiger partial charge in [0.25, 0.3) is 0 Å². The fourth-order valence-corrected chi connectivity index (χ4v) is 2.20. The van der Waals surface area contributed by atoms with Crippen LogP contribution >= 0.6 is 0 Å². The van der Waals surface area contributed by atoms with Crippen molar-refractivity contribution < 1.29 is 14.6 Å². The molecule has 1 rings (SSSR count). The van der Waals surface area contributed by atoms with Gasteiger partial charge in [-0.1, -0.05) is 19.3 Å². The second-order valence-corrected chi connectivity index (χ2v) is 5.63. The predicted octanol–water partition coefficient (Wildman–Crippen LogP) is 1.56. The van der Waals surface area contributed by atoms with Crippen molar-refractivity contribution in [1.29, 1.82) is 0 Å². The van der Waals surface area contributed by atoms with Crippen molar-refractivity contribution in [3.8, 4) is 0 Å². The van der Waals surface area contributed by atoms with E-state index in [0.717, 1.165) is 12.8 Å². The number of aliphatic hydroxyl groups is 1. The Bertz CT molecular complexity index is 242. The summed E-state index contributed by atoms with van der Waals surface area (Å²) in [6.07, 6.45) is 6.09. The van der Waals surface area contributed by atoms with E-state index in [0.29, 0.717) is 6.54 Å². The zero-order valence-electron chi connectivity index (χ0n) is 11.2. The van der Waals surface area contributed by atoms with Crippen LogP contribution in [0, 0.1) is 0 Å². The van der Waals surface area contributed by atoms with Crippen LogP contribution in [0.1, 0.15) is 46.0 Å². The molecule has 1 aliphatic rings. The van der Waals surface area contributed by atoms with Gasteiger partial charge >= 0.3 is 0 Å². The zero-order valence-corrected chi connectivity index (χ0v) is 11.2. The van der Waals surface area contributed by atoms with Gasteiger partial charge in [-0.25, -0.2) is 0 Å². The minimum Gasteiger partial charge on any atom is -0.389 e. The van der Waals surface area contributed by atoms with Gasteiger partial charge in [-0.15, -0.1) is 0 Å². The number of hydrogen-bond donors (Lipinski definition) is 1. The third-order valence-electron chi connectivity index (χ3n) is 3.04. The summed E-state index contributed by atoms with van der Waals surface area (Å²) in [6.45, 7) is 3.86. The fraction of sp³-hybridized carbons (Fsp3) is 0.923. The van der Waals surface area contributed by atoms with E-state index < -0.39 is 5.60 Å². The van der Waals surface area contributed by atoms with Crippen LogP contribution in [0.2, 0.25) is 0 Å². The monoisotopic (exact) mass is 243 g/mol. The van der Waals surface area contributed by atoms with Crippen LogP contribution in [-0.4, -0.2) is 47.8 Å². The number of ether oxygens (including phenoxy) is 1. The first-order valence-electron chi connectivity index (χ1n) is 6.46. The number of rotatable bonds is 5. The van der Waals surface area contributed by atoms with Crippen LogP contribution < -0.4 is 0 Å². The molecule has 0 radical (unpaired) electrons. The summed E-state index contributed by atoms with van der Waals surface area (Å²) in [5.74, 6) is -0.0577. The summed E-state index contributed by atoms with van der Waals surface area (Å²) in [6, 6.07) is 0. The smallest absolute Gasteiger partial charge is 0.248 e. The lowest BCUT2D eigenvalue weighted by Crippen LogP contribution is -2.41. The minimum absolute atomic E-state index is 0.0577. The molecule has 0 aromatic heterocycles. The molecule has 1 aliphatic carbocycles. The Hall–Kier alpha value is -0.610. The predicted molar refractivity (Wildman–Crippen MR) is 66.8 cm³/mol. The Labute approximate surface area is 104 Å². The molecule has 100 valence electrons. The lowest BCUT2D eigenvalue weighted by Gasteiger charge is -2.27. The molecule has 1 saturated carbocycles. The molecule has 4 heteroatoms. The maximum absolute atomic E-state index is 11.8. The van der Waals surface area contributed by atoms with Gasteiger partial charge in [0.1, 0.15) is 6.61 Å². The van der Waals surface area contributed by atoms with Crippen LogP contribution in [0.15, 0.2) is 0 Å². The van der Waals surface area contributed by atoms with E-state index in [1.54, 1.807) is 20.9 Å². The third kappa shape index (κ3) is 6.03. The van der Waals surface area contributed by atoms with Crippen molar-refractivity contribution in [2.24, 2.45) is 0 Å². The van der Waals surface area contributed by atoms with Crippen molar-refractivity contribution in [2.45, 2.75) is 57.7 Å². The molecule has 0 spiro atoms. The Morgan fingerprint density at radius 1 is 1.35 bits per heavy atom. The summed E-state index contributed by atoms with van der Waals surface area (Å²) in [7, 11) is 1.70. The van der Waals surface area contributed by atoms with Crippen LogP contribution in [0.5, 0.6) is 0 Å². The van der Waals surface area contributed by atoms with Gasteiger partial charge in [0.2, 0.25) is 5.91 Å². The zero-order chi connectivity index (χ0) is 12.9. The highest BCUT2D eigenvalue weighted by atomic mass is 16.5. The molecule has 0 aromatic carbocycles. The summed E-state index contributed by atoms with van der Waals surface area (Å²) < 4.78 is 5.61. The Kier molecular flexibility index (Phi) is 5.40. The highest BCUT2D eigenvalue weighted by Crippen LogP contribution is 2.20. The average molecular weight is 243 g/mol. The first-order chi connectivity index (χ1) is 7.88. The van der Waals surface area contributed by atoms with E-state index in [1.165, 1.54) is 24.2 Å². The Morgan fingerprint density at radius 2 is 1.94 bits per heavy atom. The normalized spacial score (nSPS) is 18.1. The van der Waals surface area contributed by atoms with Crippen LogP contribution in [0.25, 0.3) is 0 Å². The molecule has 0 aromatic rings. The first-order valence-corrected chi connectivity index (χ1v) is 6.46. The maximum Gasteiger partial charge on any atom is 0.248 e. The molecule has 4 nitrogen and oxygen atoms in total. The Morgan fingerprint density at radius 3 is 2.47 bits per heavy atom. The topological polar surface area (TPSA) is 49.8 Å². The van der Waals surface area contributed by atoms with Crippen LogP contribution in [0.4, 0.5) is 0 Å². The molecular formula is C13H25NO3. The first kappa shape index (κ1) is 14.5. The van der Waals surface area contributed by atoms with Crippen LogP contribution in [-0.2, 0) is 9.53 Å². The lowest BCUT2D eigenvalue weighted by molar-refractivity contribution is -0.140. The highest BCUT2D eigenvalue weighted by Gasteiger charge is 2.21. The molecule has 1 amide bonds. The molecule has 17 heavy (non-hydrogen) atoms. The molecule has 0 unspecified atom stereocenters. The van der Waals surface area contributed by atoms with Crippen molar-refractivity contribution in [3.05, 3.63) is 0 Å².